The van der Waals surface area contributed by atoms with Crippen LogP contribution < -0.4 is 10.1 Å². The minimum absolute atomic E-state index is 0.0436. The number of amides is 2. The molecule has 1 aliphatic heterocycles. The molecule has 1 aromatic rings. The highest BCUT2D eigenvalue weighted by Crippen LogP contribution is 2.23. The molecule has 6 nitrogen and oxygen atoms in total. The zero-order chi connectivity index (χ0) is 17.0. The Morgan fingerprint density at radius 2 is 2.17 bits per heavy atom. The van der Waals surface area contributed by atoms with E-state index in [-0.39, 0.29) is 18.6 Å². The molecule has 1 saturated heterocycles. The van der Waals surface area contributed by atoms with Gasteiger partial charge in [-0.05, 0) is 51.0 Å². The third kappa shape index (κ3) is 4.45. The van der Waals surface area contributed by atoms with Crippen molar-refractivity contribution in [1.29, 1.82) is 0 Å². The van der Waals surface area contributed by atoms with E-state index < -0.39 is 11.8 Å². The number of nitrogens with one attached hydrogen (secondary N) is 1. The van der Waals surface area contributed by atoms with Crippen LogP contribution in [0, 0.1) is 12.8 Å². The molecule has 6 heteroatoms. The van der Waals surface area contributed by atoms with E-state index in [0.717, 1.165) is 17.7 Å². The predicted molar refractivity (Wildman–Crippen MR) is 87.3 cm³/mol. The van der Waals surface area contributed by atoms with Gasteiger partial charge in [0.1, 0.15) is 5.75 Å². The molecule has 0 aromatic heterocycles. The van der Waals surface area contributed by atoms with E-state index in [1.54, 1.807) is 18.2 Å². The number of hydrogen-bond donors (Lipinski definition) is 2. The maximum Gasteiger partial charge on any atom is 0.313 e. The van der Waals surface area contributed by atoms with Gasteiger partial charge < -0.3 is 20.1 Å². The van der Waals surface area contributed by atoms with E-state index in [1.807, 2.05) is 20.8 Å². The van der Waals surface area contributed by atoms with Gasteiger partial charge in [0.2, 0.25) is 0 Å². The number of carbonyl (C=O) groups is 2. The standard InChI is InChI=1S/C17H24N2O4/c1-11(2)23-15-5-4-14(8-12(15)3)18-16(21)17(22)19-7-6-13(9-19)10-20/h4-5,8,11,13,20H,6-7,9-10H2,1-3H3,(H,18,21). The van der Waals surface area contributed by atoms with Crippen LogP contribution in [0.15, 0.2) is 18.2 Å². The SMILES string of the molecule is Cc1cc(NC(=O)C(=O)N2CCC(CO)C2)ccc1OC(C)C. The first-order valence-electron chi connectivity index (χ1n) is 7.89. The number of carbonyl (C=O) groups excluding carboxylic acids is 2. The Bertz CT molecular complexity index is 586. The number of likely N-dealkylation sites (tertiary alicyclic amines) is 1. The summed E-state index contributed by atoms with van der Waals surface area (Å²) in [5, 5.41) is 11.7. The monoisotopic (exact) mass is 320 g/mol. The number of aliphatic hydroxyl groups is 1. The van der Waals surface area contributed by atoms with Gasteiger partial charge in [0.25, 0.3) is 0 Å². The molecule has 1 atom stereocenters. The normalized spacial score (nSPS) is 17.4. The number of ether oxygens (including phenoxy) is 1. The van der Waals surface area contributed by atoms with Gasteiger partial charge in [-0.3, -0.25) is 9.59 Å². The van der Waals surface area contributed by atoms with Crippen molar-refractivity contribution in [3.05, 3.63) is 23.8 Å². The van der Waals surface area contributed by atoms with Gasteiger partial charge in [0.05, 0.1) is 6.10 Å². The zero-order valence-corrected chi connectivity index (χ0v) is 13.8. The molecule has 2 N–H and O–H groups in total. The van der Waals surface area contributed by atoms with Gasteiger partial charge in [-0.15, -0.1) is 0 Å². The summed E-state index contributed by atoms with van der Waals surface area (Å²) in [6, 6.07) is 5.28. The summed E-state index contributed by atoms with van der Waals surface area (Å²) in [4.78, 5) is 25.7. The Morgan fingerprint density at radius 1 is 1.43 bits per heavy atom. The van der Waals surface area contributed by atoms with Gasteiger partial charge in [0.15, 0.2) is 0 Å². The third-order valence-corrected chi connectivity index (χ3v) is 3.82. The minimum Gasteiger partial charge on any atom is -0.491 e. The molecule has 2 amide bonds. The van der Waals surface area contributed by atoms with Crippen LogP contribution in [0.5, 0.6) is 5.75 Å². The average Bonchev–Trinajstić information content (AvgIpc) is 2.97. The van der Waals surface area contributed by atoms with Gasteiger partial charge in [-0.1, -0.05) is 0 Å². The number of hydrogen-bond acceptors (Lipinski definition) is 4. The molecule has 23 heavy (non-hydrogen) atoms. The summed E-state index contributed by atoms with van der Waals surface area (Å²) < 4.78 is 5.65. The second-order valence-electron chi connectivity index (χ2n) is 6.19. The first-order valence-corrected chi connectivity index (χ1v) is 7.89. The van der Waals surface area contributed by atoms with Crippen molar-refractivity contribution in [2.45, 2.75) is 33.3 Å². The molecule has 126 valence electrons. The Balaban J connectivity index is 1.97. The maximum absolute atomic E-state index is 12.1. The Morgan fingerprint density at radius 3 is 2.74 bits per heavy atom. The molecule has 1 aromatic carbocycles. The molecule has 0 spiro atoms. The zero-order valence-electron chi connectivity index (χ0n) is 13.8. The maximum atomic E-state index is 12.1. The molecular weight excluding hydrogens is 296 g/mol. The lowest BCUT2D eigenvalue weighted by atomic mass is 10.1. The molecule has 0 aliphatic carbocycles. The number of aryl methyl sites for hydroxylation is 1. The summed E-state index contributed by atoms with van der Waals surface area (Å²) in [5.74, 6) is -0.377. The van der Waals surface area contributed by atoms with Crippen LogP contribution in [0.2, 0.25) is 0 Å². The van der Waals surface area contributed by atoms with Gasteiger partial charge in [-0.2, -0.15) is 0 Å². The van der Waals surface area contributed by atoms with Crippen LogP contribution in [0.4, 0.5) is 5.69 Å². The minimum atomic E-state index is -0.652. The van der Waals surface area contributed by atoms with Crippen molar-refractivity contribution in [3.63, 3.8) is 0 Å². The molecule has 1 aliphatic rings. The summed E-state index contributed by atoms with van der Waals surface area (Å²) in [6.45, 7) is 6.77. The first-order chi connectivity index (χ1) is 10.9. The third-order valence-electron chi connectivity index (χ3n) is 3.82. The summed E-state index contributed by atoms with van der Waals surface area (Å²) in [5.41, 5.74) is 1.46. The largest absolute Gasteiger partial charge is 0.491 e. The Hall–Kier alpha value is -2.08. The lowest BCUT2D eigenvalue weighted by molar-refractivity contribution is -0.142. The summed E-state index contributed by atoms with van der Waals surface area (Å²) in [6.07, 6.45) is 0.806. The fraction of sp³-hybridized carbons (Fsp3) is 0.529. The fourth-order valence-corrected chi connectivity index (χ4v) is 2.61. The molecule has 0 bridgehead atoms. The van der Waals surface area contributed by atoms with Gasteiger partial charge in [0, 0.05) is 31.3 Å². The lowest BCUT2D eigenvalue weighted by Crippen LogP contribution is -2.38. The van der Waals surface area contributed by atoms with Crippen LogP contribution in [0.3, 0.4) is 0 Å². The molecule has 0 radical (unpaired) electrons. The first kappa shape index (κ1) is 17.3. The number of aliphatic hydroxyl groups excluding tert-OH is 1. The van der Waals surface area contributed by atoms with E-state index in [4.69, 9.17) is 9.84 Å². The van der Waals surface area contributed by atoms with Crippen molar-refractivity contribution in [1.82, 2.24) is 4.90 Å². The molecule has 2 rings (SSSR count). The van der Waals surface area contributed by atoms with Crippen molar-refractivity contribution in [2.75, 3.05) is 25.0 Å². The van der Waals surface area contributed by atoms with Crippen molar-refractivity contribution >= 4 is 17.5 Å². The van der Waals surface area contributed by atoms with Crippen molar-refractivity contribution in [2.24, 2.45) is 5.92 Å². The van der Waals surface area contributed by atoms with E-state index in [9.17, 15) is 9.59 Å². The topological polar surface area (TPSA) is 78.9 Å². The van der Waals surface area contributed by atoms with Crippen molar-refractivity contribution in [3.8, 4) is 5.75 Å². The van der Waals surface area contributed by atoms with Gasteiger partial charge >= 0.3 is 11.8 Å². The Kier molecular flexibility index (Phi) is 5.60. The smallest absolute Gasteiger partial charge is 0.313 e. The summed E-state index contributed by atoms with van der Waals surface area (Å²) >= 11 is 0. The number of benzene rings is 1. The molecular formula is C17H24N2O4. The second kappa shape index (κ2) is 7.46. The van der Waals surface area contributed by atoms with Gasteiger partial charge in [-0.25, -0.2) is 0 Å². The van der Waals surface area contributed by atoms with E-state index in [0.29, 0.717) is 18.8 Å². The van der Waals surface area contributed by atoms with Crippen LogP contribution in [0.25, 0.3) is 0 Å². The van der Waals surface area contributed by atoms with E-state index in [1.165, 1.54) is 4.90 Å². The molecule has 0 saturated carbocycles. The highest BCUT2D eigenvalue weighted by molar-refractivity contribution is 6.39. The number of anilines is 1. The fourth-order valence-electron chi connectivity index (χ4n) is 2.61. The second-order valence-corrected chi connectivity index (χ2v) is 6.19. The lowest BCUT2D eigenvalue weighted by Gasteiger charge is -2.16. The van der Waals surface area contributed by atoms with Crippen LogP contribution in [-0.4, -0.2) is 47.6 Å². The number of rotatable bonds is 4. The highest BCUT2D eigenvalue weighted by atomic mass is 16.5. The highest BCUT2D eigenvalue weighted by Gasteiger charge is 2.29. The molecule has 1 unspecified atom stereocenters. The number of nitrogens with zero attached hydrogens (tertiary/aromatic N) is 1. The van der Waals surface area contributed by atoms with Crippen molar-refractivity contribution < 1.29 is 19.4 Å². The molecule has 1 fully saturated rings. The molecule has 1 heterocycles. The van der Waals surface area contributed by atoms with Crippen LogP contribution in [0.1, 0.15) is 25.8 Å². The van der Waals surface area contributed by atoms with E-state index in [2.05, 4.69) is 5.32 Å². The predicted octanol–water partition coefficient (Wildman–Crippen LogP) is 1.56. The quantitative estimate of drug-likeness (QED) is 0.825. The van der Waals surface area contributed by atoms with E-state index >= 15 is 0 Å². The summed E-state index contributed by atoms with van der Waals surface area (Å²) in [7, 11) is 0. The van der Waals surface area contributed by atoms with Crippen LogP contribution >= 0.6 is 0 Å². The van der Waals surface area contributed by atoms with Crippen LogP contribution in [-0.2, 0) is 9.59 Å². The Labute approximate surface area is 136 Å². The average molecular weight is 320 g/mol.